The third-order valence-corrected chi connectivity index (χ3v) is 4.30. The first kappa shape index (κ1) is 16.8. The van der Waals surface area contributed by atoms with Crippen LogP contribution in [0.5, 0.6) is 0 Å². The molecule has 4 nitrogen and oxygen atoms in total. The van der Waals surface area contributed by atoms with Gasteiger partial charge in [0.2, 0.25) is 5.91 Å². The molecule has 0 aliphatic carbocycles. The van der Waals surface area contributed by atoms with E-state index in [1.165, 1.54) is 0 Å². The minimum absolute atomic E-state index is 0.0997. The smallest absolute Gasteiger partial charge is 0.244 e. The van der Waals surface area contributed by atoms with Crippen molar-refractivity contribution < 1.29 is 4.79 Å². The SMILES string of the molecule is CCc1cccc2c(C#N)cn(CC(=O)Nc3cc(C)cc(C)c3)c12. The Labute approximate surface area is 147 Å². The molecule has 25 heavy (non-hydrogen) atoms. The minimum atomic E-state index is -0.0997. The van der Waals surface area contributed by atoms with E-state index in [2.05, 4.69) is 24.4 Å². The number of para-hydroxylation sites is 1. The molecule has 0 saturated heterocycles. The van der Waals surface area contributed by atoms with E-state index in [4.69, 9.17) is 0 Å². The summed E-state index contributed by atoms with van der Waals surface area (Å²) in [6.45, 7) is 6.28. The predicted octanol–water partition coefficient (Wildman–Crippen LogP) is 4.33. The highest BCUT2D eigenvalue weighted by Crippen LogP contribution is 2.25. The van der Waals surface area contributed by atoms with Crippen molar-refractivity contribution in [2.24, 2.45) is 0 Å². The van der Waals surface area contributed by atoms with Crippen molar-refractivity contribution in [3.8, 4) is 6.07 Å². The van der Waals surface area contributed by atoms with Gasteiger partial charge >= 0.3 is 0 Å². The zero-order chi connectivity index (χ0) is 18.0. The topological polar surface area (TPSA) is 57.8 Å². The number of aromatic nitrogens is 1. The van der Waals surface area contributed by atoms with Gasteiger partial charge in [0.1, 0.15) is 12.6 Å². The first-order chi connectivity index (χ1) is 12.0. The third kappa shape index (κ3) is 3.41. The summed E-state index contributed by atoms with van der Waals surface area (Å²) >= 11 is 0. The summed E-state index contributed by atoms with van der Waals surface area (Å²) in [6.07, 6.45) is 2.62. The second-order valence-electron chi connectivity index (χ2n) is 6.37. The van der Waals surface area contributed by atoms with Crippen LogP contribution < -0.4 is 5.32 Å². The second kappa shape index (κ2) is 6.82. The summed E-state index contributed by atoms with van der Waals surface area (Å²) in [4.78, 5) is 12.5. The molecule has 0 spiro atoms. The van der Waals surface area contributed by atoms with Crippen LogP contribution in [0.1, 0.15) is 29.2 Å². The van der Waals surface area contributed by atoms with Gasteiger partial charge in [0.25, 0.3) is 0 Å². The molecule has 0 atom stereocenters. The van der Waals surface area contributed by atoms with Gasteiger partial charge in [-0.1, -0.05) is 31.2 Å². The van der Waals surface area contributed by atoms with E-state index in [-0.39, 0.29) is 12.5 Å². The van der Waals surface area contributed by atoms with Gasteiger partial charge in [0, 0.05) is 17.3 Å². The lowest BCUT2D eigenvalue weighted by Gasteiger charge is -2.10. The van der Waals surface area contributed by atoms with Crippen molar-refractivity contribution in [3.63, 3.8) is 0 Å². The van der Waals surface area contributed by atoms with Crippen LogP contribution in [0.3, 0.4) is 0 Å². The molecule has 1 amide bonds. The maximum absolute atomic E-state index is 12.5. The van der Waals surface area contributed by atoms with E-state index < -0.39 is 0 Å². The Hall–Kier alpha value is -3.06. The molecular formula is C21H21N3O. The lowest BCUT2D eigenvalue weighted by Crippen LogP contribution is -2.18. The summed E-state index contributed by atoms with van der Waals surface area (Å²) in [5.74, 6) is -0.0997. The Balaban J connectivity index is 1.92. The molecule has 1 heterocycles. The van der Waals surface area contributed by atoms with Crippen LogP contribution in [-0.2, 0) is 17.8 Å². The Morgan fingerprint density at radius 1 is 1.20 bits per heavy atom. The highest BCUT2D eigenvalue weighted by atomic mass is 16.1. The zero-order valence-electron chi connectivity index (χ0n) is 14.8. The number of carbonyl (C=O) groups excluding carboxylic acids is 1. The molecule has 4 heteroatoms. The van der Waals surface area contributed by atoms with Gasteiger partial charge in [-0.05, 0) is 49.1 Å². The maximum atomic E-state index is 12.5. The quantitative estimate of drug-likeness (QED) is 0.773. The van der Waals surface area contributed by atoms with Gasteiger partial charge in [0.05, 0.1) is 11.1 Å². The molecule has 0 fully saturated rings. The zero-order valence-corrected chi connectivity index (χ0v) is 14.8. The summed E-state index contributed by atoms with van der Waals surface area (Å²) in [5.41, 5.74) is 5.73. The number of aryl methyl sites for hydroxylation is 3. The lowest BCUT2D eigenvalue weighted by atomic mass is 10.1. The van der Waals surface area contributed by atoms with Crippen molar-refractivity contribution in [1.29, 1.82) is 5.26 Å². The minimum Gasteiger partial charge on any atom is -0.336 e. The number of amides is 1. The molecule has 1 N–H and O–H groups in total. The Morgan fingerprint density at radius 2 is 1.92 bits per heavy atom. The average Bonchev–Trinajstić information content (AvgIpc) is 2.91. The van der Waals surface area contributed by atoms with E-state index in [0.717, 1.165) is 39.7 Å². The number of rotatable bonds is 4. The number of benzene rings is 2. The summed E-state index contributed by atoms with van der Waals surface area (Å²) in [7, 11) is 0. The first-order valence-corrected chi connectivity index (χ1v) is 8.40. The van der Waals surface area contributed by atoms with Crippen molar-refractivity contribution in [2.75, 3.05) is 5.32 Å². The number of fused-ring (bicyclic) bond motifs is 1. The molecule has 2 aromatic carbocycles. The van der Waals surface area contributed by atoms with E-state index in [0.29, 0.717) is 5.56 Å². The molecule has 0 aliphatic rings. The van der Waals surface area contributed by atoms with Crippen LogP contribution in [0, 0.1) is 25.2 Å². The van der Waals surface area contributed by atoms with Crippen LogP contribution in [-0.4, -0.2) is 10.5 Å². The van der Waals surface area contributed by atoms with Crippen molar-refractivity contribution in [1.82, 2.24) is 4.57 Å². The van der Waals surface area contributed by atoms with Crippen LogP contribution in [0.25, 0.3) is 10.9 Å². The Bertz CT molecular complexity index is 972. The fourth-order valence-corrected chi connectivity index (χ4v) is 3.34. The number of nitrogens with one attached hydrogen (secondary N) is 1. The summed E-state index contributed by atoms with van der Waals surface area (Å²) < 4.78 is 1.88. The predicted molar refractivity (Wildman–Crippen MR) is 101 cm³/mol. The molecule has 126 valence electrons. The largest absolute Gasteiger partial charge is 0.336 e. The van der Waals surface area contributed by atoms with Gasteiger partial charge < -0.3 is 9.88 Å². The monoisotopic (exact) mass is 331 g/mol. The van der Waals surface area contributed by atoms with E-state index in [1.54, 1.807) is 6.20 Å². The van der Waals surface area contributed by atoms with Crippen LogP contribution >= 0.6 is 0 Å². The molecular weight excluding hydrogens is 310 g/mol. The molecule has 0 aliphatic heterocycles. The highest BCUT2D eigenvalue weighted by molar-refractivity contribution is 5.94. The number of nitriles is 1. The molecule has 0 bridgehead atoms. The Kier molecular flexibility index (Phi) is 4.58. The number of carbonyl (C=O) groups is 1. The van der Waals surface area contributed by atoms with Gasteiger partial charge in [-0.3, -0.25) is 4.79 Å². The molecule has 0 radical (unpaired) electrons. The van der Waals surface area contributed by atoms with Crippen LogP contribution in [0.4, 0.5) is 5.69 Å². The van der Waals surface area contributed by atoms with E-state index in [1.807, 2.05) is 48.7 Å². The third-order valence-electron chi connectivity index (χ3n) is 4.30. The first-order valence-electron chi connectivity index (χ1n) is 8.40. The number of nitrogens with zero attached hydrogens (tertiary/aromatic N) is 2. The van der Waals surface area contributed by atoms with Crippen LogP contribution in [0.2, 0.25) is 0 Å². The molecule has 0 unspecified atom stereocenters. The second-order valence-corrected chi connectivity index (χ2v) is 6.37. The summed E-state index contributed by atoms with van der Waals surface area (Å²) in [6, 6.07) is 14.1. The highest BCUT2D eigenvalue weighted by Gasteiger charge is 2.14. The van der Waals surface area contributed by atoms with Crippen molar-refractivity contribution in [3.05, 3.63) is 64.8 Å². The van der Waals surface area contributed by atoms with Crippen molar-refractivity contribution >= 4 is 22.5 Å². The lowest BCUT2D eigenvalue weighted by molar-refractivity contribution is -0.116. The van der Waals surface area contributed by atoms with E-state index in [9.17, 15) is 10.1 Å². The number of hydrogen-bond acceptors (Lipinski definition) is 2. The van der Waals surface area contributed by atoms with Gasteiger partial charge in [-0.15, -0.1) is 0 Å². The van der Waals surface area contributed by atoms with Gasteiger partial charge in [-0.25, -0.2) is 0 Å². The number of anilines is 1. The summed E-state index contributed by atoms with van der Waals surface area (Å²) in [5, 5.41) is 13.2. The van der Waals surface area contributed by atoms with Crippen LogP contribution in [0.15, 0.2) is 42.6 Å². The fourth-order valence-electron chi connectivity index (χ4n) is 3.34. The standard InChI is InChI=1S/C21H21N3O/c1-4-16-6-5-7-19-17(11-22)12-24(21(16)19)13-20(25)23-18-9-14(2)8-15(3)10-18/h5-10,12H,4,13H2,1-3H3,(H,23,25). The number of hydrogen-bond donors (Lipinski definition) is 1. The maximum Gasteiger partial charge on any atom is 0.244 e. The van der Waals surface area contributed by atoms with E-state index >= 15 is 0 Å². The fraction of sp³-hybridized carbons (Fsp3) is 0.238. The Morgan fingerprint density at radius 3 is 2.56 bits per heavy atom. The molecule has 3 aromatic rings. The van der Waals surface area contributed by atoms with Gasteiger partial charge in [0.15, 0.2) is 0 Å². The molecule has 3 rings (SSSR count). The molecule has 1 aromatic heterocycles. The molecule has 0 saturated carbocycles. The van der Waals surface area contributed by atoms with Gasteiger partial charge in [-0.2, -0.15) is 5.26 Å². The van der Waals surface area contributed by atoms with Crippen molar-refractivity contribution in [2.45, 2.75) is 33.7 Å². The normalized spacial score (nSPS) is 10.6. The average molecular weight is 331 g/mol.